The van der Waals surface area contributed by atoms with Crippen LogP contribution in [0.4, 0.5) is 17.2 Å². The van der Waals surface area contributed by atoms with Crippen LogP contribution in [-0.2, 0) is 0 Å². The minimum absolute atomic E-state index is 0.266. The molecule has 5 heteroatoms. The van der Waals surface area contributed by atoms with Gasteiger partial charge in [-0.25, -0.2) is 0 Å². The summed E-state index contributed by atoms with van der Waals surface area (Å²) in [5.74, 6) is 0.299. The van der Waals surface area contributed by atoms with E-state index in [0.29, 0.717) is 5.82 Å². The highest BCUT2D eigenvalue weighted by atomic mass is 16.1. The maximum Gasteiger partial charge on any atom is 0.276 e. The molecule has 0 atom stereocenters. The second-order valence-corrected chi connectivity index (χ2v) is 4.61. The van der Waals surface area contributed by atoms with Crippen molar-refractivity contribution in [1.29, 1.82) is 0 Å². The number of amides is 1. The Labute approximate surface area is 128 Å². The van der Waals surface area contributed by atoms with Gasteiger partial charge in [-0.05, 0) is 36.4 Å². The lowest BCUT2D eigenvalue weighted by Crippen LogP contribution is -2.14. The highest BCUT2D eigenvalue weighted by molar-refractivity contribution is 6.02. The SMILES string of the molecule is O=C(Nc1ccccc1)c1ccc(Nc2ccccc2)nn1. The van der Waals surface area contributed by atoms with E-state index in [9.17, 15) is 4.79 Å². The first kappa shape index (κ1) is 13.8. The molecular formula is C17H14N4O. The van der Waals surface area contributed by atoms with Gasteiger partial charge in [0.05, 0.1) is 0 Å². The number of benzene rings is 2. The fourth-order valence-electron chi connectivity index (χ4n) is 1.91. The van der Waals surface area contributed by atoms with Gasteiger partial charge in [0.15, 0.2) is 11.5 Å². The van der Waals surface area contributed by atoms with E-state index in [-0.39, 0.29) is 11.6 Å². The molecule has 0 fully saturated rings. The lowest BCUT2D eigenvalue weighted by molar-refractivity contribution is 0.102. The number of rotatable bonds is 4. The number of nitrogens with one attached hydrogen (secondary N) is 2. The maximum absolute atomic E-state index is 12.0. The van der Waals surface area contributed by atoms with Crippen LogP contribution in [0.15, 0.2) is 72.8 Å². The van der Waals surface area contributed by atoms with Crippen molar-refractivity contribution in [3.63, 3.8) is 0 Å². The van der Waals surface area contributed by atoms with Crippen LogP contribution in [0.1, 0.15) is 10.5 Å². The van der Waals surface area contributed by atoms with Gasteiger partial charge < -0.3 is 10.6 Å². The van der Waals surface area contributed by atoms with E-state index in [4.69, 9.17) is 0 Å². The van der Waals surface area contributed by atoms with E-state index in [1.165, 1.54) is 0 Å². The molecule has 1 aromatic heterocycles. The second kappa shape index (κ2) is 6.49. The first-order chi connectivity index (χ1) is 10.8. The predicted octanol–water partition coefficient (Wildman–Crippen LogP) is 3.47. The molecule has 0 aliphatic carbocycles. The van der Waals surface area contributed by atoms with Crippen molar-refractivity contribution in [2.75, 3.05) is 10.6 Å². The highest BCUT2D eigenvalue weighted by Crippen LogP contribution is 2.13. The summed E-state index contributed by atoms with van der Waals surface area (Å²) in [6.45, 7) is 0. The first-order valence-electron chi connectivity index (χ1n) is 6.83. The summed E-state index contributed by atoms with van der Waals surface area (Å²) < 4.78 is 0. The average Bonchev–Trinajstić information content (AvgIpc) is 2.57. The van der Waals surface area contributed by atoms with Crippen molar-refractivity contribution in [2.45, 2.75) is 0 Å². The number of carbonyl (C=O) groups excluding carboxylic acids is 1. The highest BCUT2D eigenvalue weighted by Gasteiger charge is 2.08. The zero-order valence-electron chi connectivity index (χ0n) is 11.7. The fourth-order valence-corrected chi connectivity index (χ4v) is 1.91. The lowest BCUT2D eigenvalue weighted by atomic mass is 10.3. The summed E-state index contributed by atoms with van der Waals surface area (Å²) in [7, 11) is 0. The Morgan fingerprint density at radius 1 is 0.727 bits per heavy atom. The molecule has 5 nitrogen and oxygen atoms in total. The van der Waals surface area contributed by atoms with Gasteiger partial charge in [-0.1, -0.05) is 36.4 Å². The Morgan fingerprint density at radius 3 is 1.95 bits per heavy atom. The van der Waals surface area contributed by atoms with Crippen LogP contribution in [0, 0.1) is 0 Å². The summed E-state index contributed by atoms with van der Waals surface area (Å²) in [5.41, 5.74) is 1.90. The molecule has 0 aliphatic heterocycles. The summed E-state index contributed by atoms with van der Waals surface area (Å²) >= 11 is 0. The number of aromatic nitrogens is 2. The Hall–Kier alpha value is -3.21. The van der Waals surface area contributed by atoms with E-state index < -0.39 is 0 Å². The number of nitrogens with zero attached hydrogens (tertiary/aromatic N) is 2. The molecule has 3 rings (SSSR count). The predicted molar refractivity (Wildman–Crippen MR) is 86.2 cm³/mol. The Morgan fingerprint density at radius 2 is 1.36 bits per heavy atom. The zero-order valence-corrected chi connectivity index (χ0v) is 11.7. The molecule has 0 unspecified atom stereocenters. The molecule has 1 amide bonds. The third-order valence-electron chi connectivity index (χ3n) is 2.98. The molecule has 0 bridgehead atoms. The summed E-state index contributed by atoms with van der Waals surface area (Å²) in [4.78, 5) is 12.0. The van der Waals surface area contributed by atoms with E-state index in [1.54, 1.807) is 12.1 Å². The van der Waals surface area contributed by atoms with Gasteiger partial charge in [0, 0.05) is 11.4 Å². The third-order valence-corrected chi connectivity index (χ3v) is 2.98. The fraction of sp³-hybridized carbons (Fsp3) is 0. The quantitative estimate of drug-likeness (QED) is 0.772. The van der Waals surface area contributed by atoms with Gasteiger partial charge >= 0.3 is 0 Å². The van der Waals surface area contributed by atoms with Crippen molar-refractivity contribution in [1.82, 2.24) is 10.2 Å². The Balaban J connectivity index is 1.67. The molecule has 2 N–H and O–H groups in total. The summed E-state index contributed by atoms with van der Waals surface area (Å²) in [5, 5.41) is 13.8. The van der Waals surface area contributed by atoms with E-state index in [1.807, 2.05) is 60.7 Å². The molecule has 3 aromatic rings. The number of para-hydroxylation sites is 2. The zero-order chi connectivity index (χ0) is 15.2. The molecule has 1 heterocycles. The van der Waals surface area contributed by atoms with Crippen molar-refractivity contribution >= 4 is 23.1 Å². The Kier molecular flexibility index (Phi) is 4.06. The van der Waals surface area contributed by atoms with E-state index in [2.05, 4.69) is 20.8 Å². The number of hydrogen-bond donors (Lipinski definition) is 2. The standard InChI is InChI=1S/C17H14N4O/c22-17(19-14-9-5-2-6-10-14)15-11-12-16(21-20-15)18-13-7-3-1-4-8-13/h1-12H,(H,18,21)(H,19,22). The van der Waals surface area contributed by atoms with Crippen LogP contribution in [0.3, 0.4) is 0 Å². The molecule has 22 heavy (non-hydrogen) atoms. The van der Waals surface area contributed by atoms with Crippen molar-refractivity contribution < 1.29 is 4.79 Å². The third kappa shape index (κ3) is 3.46. The van der Waals surface area contributed by atoms with Gasteiger partial charge in [0.1, 0.15) is 0 Å². The minimum atomic E-state index is -0.287. The normalized spacial score (nSPS) is 10.0. The summed E-state index contributed by atoms with van der Waals surface area (Å²) in [6.07, 6.45) is 0. The lowest BCUT2D eigenvalue weighted by Gasteiger charge is -2.06. The molecule has 0 spiro atoms. The largest absolute Gasteiger partial charge is 0.339 e. The van der Waals surface area contributed by atoms with Gasteiger partial charge in [-0.3, -0.25) is 4.79 Å². The first-order valence-corrected chi connectivity index (χ1v) is 6.83. The van der Waals surface area contributed by atoms with Crippen LogP contribution >= 0.6 is 0 Å². The molecule has 0 radical (unpaired) electrons. The number of carbonyl (C=O) groups is 1. The van der Waals surface area contributed by atoms with Crippen LogP contribution in [0.2, 0.25) is 0 Å². The number of hydrogen-bond acceptors (Lipinski definition) is 4. The second-order valence-electron chi connectivity index (χ2n) is 4.61. The van der Waals surface area contributed by atoms with Crippen LogP contribution < -0.4 is 10.6 Å². The van der Waals surface area contributed by atoms with Gasteiger partial charge in [-0.15, -0.1) is 10.2 Å². The van der Waals surface area contributed by atoms with Gasteiger partial charge in [0.2, 0.25) is 0 Å². The van der Waals surface area contributed by atoms with Crippen molar-refractivity contribution in [3.8, 4) is 0 Å². The van der Waals surface area contributed by atoms with Crippen molar-refractivity contribution in [2.24, 2.45) is 0 Å². The van der Waals surface area contributed by atoms with E-state index >= 15 is 0 Å². The molecule has 0 saturated heterocycles. The van der Waals surface area contributed by atoms with E-state index in [0.717, 1.165) is 11.4 Å². The van der Waals surface area contributed by atoms with Crippen LogP contribution in [-0.4, -0.2) is 16.1 Å². The molecule has 2 aromatic carbocycles. The van der Waals surface area contributed by atoms with Crippen LogP contribution in [0.5, 0.6) is 0 Å². The molecular weight excluding hydrogens is 276 g/mol. The van der Waals surface area contributed by atoms with Crippen molar-refractivity contribution in [3.05, 3.63) is 78.5 Å². The van der Waals surface area contributed by atoms with Crippen LogP contribution in [0.25, 0.3) is 0 Å². The maximum atomic E-state index is 12.0. The molecule has 108 valence electrons. The Bertz CT molecular complexity index is 743. The summed E-state index contributed by atoms with van der Waals surface area (Å²) in [6, 6.07) is 22.2. The molecule has 0 aliphatic rings. The van der Waals surface area contributed by atoms with Gasteiger partial charge in [0.25, 0.3) is 5.91 Å². The smallest absolute Gasteiger partial charge is 0.276 e. The van der Waals surface area contributed by atoms with Gasteiger partial charge in [-0.2, -0.15) is 0 Å². The number of anilines is 3. The minimum Gasteiger partial charge on any atom is -0.339 e. The monoisotopic (exact) mass is 290 g/mol. The average molecular weight is 290 g/mol. The molecule has 0 saturated carbocycles. The topological polar surface area (TPSA) is 66.9 Å².